The molecule has 2 heterocycles. The van der Waals surface area contributed by atoms with Crippen LogP contribution in [0.4, 0.5) is 0 Å². The molecule has 3 aromatic rings. The summed E-state index contributed by atoms with van der Waals surface area (Å²) in [7, 11) is 1.61. The second kappa shape index (κ2) is 11.4. The van der Waals surface area contributed by atoms with Crippen molar-refractivity contribution in [3.8, 4) is 17.6 Å². The van der Waals surface area contributed by atoms with E-state index < -0.39 is 18.0 Å². The number of aryl methyl sites for hydroxylation is 1. The number of aliphatic hydroxyl groups is 1. The molecule has 6 nitrogen and oxygen atoms in total. The molecule has 182 valence electrons. The first-order chi connectivity index (χ1) is 16.9. The number of carboxylic acid groups (broad SMARTS) is 1. The normalized spacial score (nSPS) is 19.1. The monoisotopic (exact) mass is 472 g/mol. The number of hydrogen-bond donors (Lipinski definition) is 2. The van der Waals surface area contributed by atoms with Crippen LogP contribution in [0.15, 0.2) is 54.7 Å². The number of rotatable bonds is 7. The van der Waals surface area contributed by atoms with Gasteiger partial charge in [-0.2, -0.15) is 0 Å². The van der Waals surface area contributed by atoms with E-state index in [-0.39, 0.29) is 5.92 Å². The van der Waals surface area contributed by atoms with Crippen molar-refractivity contribution in [3.63, 3.8) is 0 Å². The lowest BCUT2D eigenvalue weighted by Gasteiger charge is -2.36. The Balaban J connectivity index is 1.38. The lowest BCUT2D eigenvalue weighted by molar-refractivity contribution is -0.146. The van der Waals surface area contributed by atoms with Gasteiger partial charge in [0, 0.05) is 23.7 Å². The van der Waals surface area contributed by atoms with Crippen LogP contribution >= 0.6 is 0 Å². The van der Waals surface area contributed by atoms with Gasteiger partial charge in [-0.3, -0.25) is 14.7 Å². The van der Waals surface area contributed by atoms with E-state index in [2.05, 4.69) is 21.7 Å². The van der Waals surface area contributed by atoms with Gasteiger partial charge in [-0.05, 0) is 86.2 Å². The maximum atomic E-state index is 12.1. The molecular formula is C29H32N2O4. The van der Waals surface area contributed by atoms with Crippen LogP contribution < -0.4 is 4.74 Å². The Kier molecular flexibility index (Phi) is 8.02. The summed E-state index contributed by atoms with van der Waals surface area (Å²) in [6, 6.07) is 15.5. The molecule has 35 heavy (non-hydrogen) atoms. The van der Waals surface area contributed by atoms with Gasteiger partial charge in [-0.1, -0.05) is 24.0 Å². The second-order valence-corrected chi connectivity index (χ2v) is 9.28. The zero-order valence-electron chi connectivity index (χ0n) is 20.3. The average Bonchev–Trinajstić information content (AvgIpc) is 2.87. The van der Waals surface area contributed by atoms with Crippen molar-refractivity contribution in [2.24, 2.45) is 11.8 Å². The summed E-state index contributed by atoms with van der Waals surface area (Å²) in [5.41, 5.74) is 3.74. The predicted molar refractivity (Wildman–Crippen MR) is 136 cm³/mol. The van der Waals surface area contributed by atoms with Crippen molar-refractivity contribution in [2.45, 2.75) is 32.3 Å². The van der Waals surface area contributed by atoms with E-state index in [1.54, 1.807) is 13.3 Å². The number of aliphatic hydroxyl groups excluding tert-OH is 1. The Labute approximate surface area is 206 Å². The van der Waals surface area contributed by atoms with Gasteiger partial charge in [0.2, 0.25) is 0 Å². The average molecular weight is 473 g/mol. The fourth-order valence-corrected chi connectivity index (χ4v) is 4.90. The summed E-state index contributed by atoms with van der Waals surface area (Å²) in [6.45, 7) is 3.88. The molecule has 0 spiro atoms. The van der Waals surface area contributed by atoms with Crippen LogP contribution in [0, 0.1) is 30.6 Å². The highest BCUT2D eigenvalue weighted by Crippen LogP contribution is 2.33. The van der Waals surface area contributed by atoms with E-state index in [1.807, 2.05) is 55.5 Å². The van der Waals surface area contributed by atoms with Crippen molar-refractivity contribution in [1.82, 2.24) is 9.88 Å². The van der Waals surface area contributed by atoms with Gasteiger partial charge < -0.3 is 14.9 Å². The first-order valence-corrected chi connectivity index (χ1v) is 12.1. The first kappa shape index (κ1) is 24.7. The Morgan fingerprint density at radius 1 is 1.26 bits per heavy atom. The number of methoxy groups -OCH3 is 1. The number of carbonyl (C=O) groups is 1. The van der Waals surface area contributed by atoms with E-state index in [9.17, 15) is 15.0 Å². The number of piperidine rings is 1. The smallest absolute Gasteiger partial charge is 0.308 e. The molecule has 2 N–H and O–H groups in total. The van der Waals surface area contributed by atoms with Crippen molar-refractivity contribution in [2.75, 3.05) is 26.7 Å². The van der Waals surface area contributed by atoms with Gasteiger partial charge in [-0.15, -0.1) is 0 Å². The molecule has 2 aromatic carbocycles. The molecule has 1 saturated heterocycles. The highest BCUT2D eigenvalue weighted by atomic mass is 16.5. The van der Waals surface area contributed by atoms with Gasteiger partial charge in [0.25, 0.3) is 0 Å². The molecule has 1 aromatic heterocycles. The van der Waals surface area contributed by atoms with Gasteiger partial charge >= 0.3 is 5.97 Å². The summed E-state index contributed by atoms with van der Waals surface area (Å²) in [6.07, 6.45) is 2.93. The van der Waals surface area contributed by atoms with E-state index in [4.69, 9.17) is 4.74 Å². The molecule has 0 saturated carbocycles. The Hall–Kier alpha value is -3.40. The van der Waals surface area contributed by atoms with Crippen LogP contribution in [0.2, 0.25) is 0 Å². The SMILES string of the molecule is COc1ccc2nccc([C@@H](O)CC[C@@H]3CCN(CC#Cc4cccc(C)c4)C[C@@H]3C(=O)O)c2c1. The fourth-order valence-electron chi connectivity index (χ4n) is 4.90. The van der Waals surface area contributed by atoms with Gasteiger partial charge in [-0.25, -0.2) is 0 Å². The molecule has 0 bridgehead atoms. The first-order valence-electron chi connectivity index (χ1n) is 12.1. The lowest BCUT2D eigenvalue weighted by atomic mass is 9.81. The fraction of sp³-hybridized carbons (Fsp3) is 0.379. The van der Waals surface area contributed by atoms with Gasteiger partial charge in [0.1, 0.15) is 5.75 Å². The lowest BCUT2D eigenvalue weighted by Crippen LogP contribution is -2.44. The standard InChI is InChI=1S/C29H32N2O4/c1-20-5-3-6-21(17-20)7-4-15-31-16-13-22(26(19-31)29(33)34)8-11-28(32)24-12-14-30-27-10-9-23(35-2)18-25(24)27/h3,5-6,9-10,12,14,17-18,22,26,28,32H,8,11,13,15-16,19H2,1-2H3,(H,33,34)/t22-,26+,28+/m1/s1. The number of likely N-dealkylation sites (tertiary alicyclic amines) is 1. The van der Waals surface area contributed by atoms with E-state index >= 15 is 0 Å². The molecule has 0 aliphatic carbocycles. The summed E-state index contributed by atoms with van der Waals surface area (Å²) in [5, 5.41) is 21.7. The maximum absolute atomic E-state index is 12.1. The third kappa shape index (κ3) is 6.19. The highest BCUT2D eigenvalue weighted by molar-refractivity contribution is 5.83. The minimum atomic E-state index is -0.778. The number of benzene rings is 2. The van der Waals surface area contributed by atoms with Crippen LogP contribution in [0.3, 0.4) is 0 Å². The molecular weight excluding hydrogens is 440 g/mol. The van der Waals surface area contributed by atoms with Crippen molar-refractivity contribution >= 4 is 16.9 Å². The maximum Gasteiger partial charge on any atom is 0.308 e. The van der Waals surface area contributed by atoms with Crippen LogP contribution in [-0.2, 0) is 4.79 Å². The quantitative estimate of drug-likeness (QED) is 0.495. The number of ether oxygens (including phenoxy) is 1. The predicted octanol–water partition coefficient (Wildman–Crippen LogP) is 4.44. The van der Waals surface area contributed by atoms with Crippen molar-refractivity contribution in [1.29, 1.82) is 0 Å². The minimum Gasteiger partial charge on any atom is -0.497 e. The number of nitrogens with zero attached hydrogens (tertiary/aromatic N) is 2. The topological polar surface area (TPSA) is 82.9 Å². The second-order valence-electron chi connectivity index (χ2n) is 9.28. The molecule has 4 rings (SSSR count). The van der Waals surface area contributed by atoms with Crippen molar-refractivity contribution < 1.29 is 19.7 Å². The summed E-state index contributed by atoms with van der Waals surface area (Å²) >= 11 is 0. The molecule has 0 unspecified atom stereocenters. The van der Waals surface area contributed by atoms with E-state index in [0.717, 1.165) is 35.0 Å². The van der Waals surface area contributed by atoms with Crippen LogP contribution in [-0.4, -0.2) is 52.8 Å². The minimum absolute atomic E-state index is 0.0192. The van der Waals surface area contributed by atoms with Crippen LogP contribution in [0.1, 0.15) is 42.1 Å². The molecule has 1 aliphatic rings. The number of hydrogen-bond acceptors (Lipinski definition) is 5. The number of fused-ring (bicyclic) bond motifs is 1. The summed E-state index contributed by atoms with van der Waals surface area (Å²) in [5.74, 6) is 5.87. The van der Waals surface area contributed by atoms with Crippen molar-refractivity contribution in [3.05, 3.63) is 71.4 Å². The third-order valence-corrected chi connectivity index (χ3v) is 6.86. The summed E-state index contributed by atoms with van der Waals surface area (Å²) in [4.78, 5) is 18.6. The van der Waals surface area contributed by atoms with Crippen LogP contribution in [0.25, 0.3) is 10.9 Å². The zero-order valence-corrected chi connectivity index (χ0v) is 20.3. The van der Waals surface area contributed by atoms with Gasteiger partial charge in [0.05, 0.1) is 31.2 Å². The Morgan fingerprint density at radius 2 is 2.11 bits per heavy atom. The van der Waals surface area contributed by atoms with Crippen LogP contribution in [0.5, 0.6) is 5.75 Å². The molecule has 0 amide bonds. The number of pyridine rings is 1. The molecule has 6 heteroatoms. The molecule has 3 atom stereocenters. The number of aliphatic carboxylic acids is 1. The number of carboxylic acids is 1. The van der Waals surface area contributed by atoms with E-state index in [1.165, 1.54) is 5.56 Å². The van der Waals surface area contributed by atoms with E-state index in [0.29, 0.717) is 31.7 Å². The molecule has 0 radical (unpaired) electrons. The van der Waals surface area contributed by atoms with Gasteiger partial charge in [0.15, 0.2) is 0 Å². The molecule has 1 fully saturated rings. The Bertz CT molecular complexity index is 1250. The highest BCUT2D eigenvalue weighted by Gasteiger charge is 2.34. The third-order valence-electron chi connectivity index (χ3n) is 6.86. The molecule has 1 aliphatic heterocycles. The largest absolute Gasteiger partial charge is 0.497 e. The zero-order chi connectivity index (χ0) is 24.8. The number of aromatic nitrogens is 1. The summed E-state index contributed by atoms with van der Waals surface area (Å²) < 4.78 is 5.33. The Morgan fingerprint density at radius 3 is 2.89 bits per heavy atom.